The molecule has 0 bridgehead atoms. The Hall–Kier alpha value is 0.0169. The number of nitrogens with two attached hydrogens (primary N) is 1. The molecule has 0 saturated heterocycles. The Bertz CT molecular complexity index is 216. The number of unbranched alkanes of at least 4 members (excludes halogenated alkanes) is 2. The highest BCUT2D eigenvalue weighted by atomic mass is 28.4. The van der Waals surface area contributed by atoms with Crippen LogP contribution in [0.4, 0.5) is 0 Å². The lowest BCUT2D eigenvalue weighted by atomic mass is 10.2. The van der Waals surface area contributed by atoms with E-state index in [2.05, 4.69) is 12.2 Å². The van der Waals surface area contributed by atoms with Gasteiger partial charge in [0.15, 0.2) is 0 Å². The molecule has 0 rings (SSSR count). The van der Waals surface area contributed by atoms with Crippen molar-refractivity contribution in [3.63, 3.8) is 0 Å². The first-order valence-corrected chi connectivity index (χ1v) is 10.5. The van der Waals surface area contributed by atoms with Gasteiger partial charge in [-0.25, -0.2) is 0 Å². The van der Waals surface area contributed by atoms with Gasteiger partial charge in [-0.05, 0) is 40.2 Å². The standard InChI is InChI=1S/C15H36N2O3Si/c1-5-9-10-12-15(16)17-13-11-14-21(18-6-2,19-7-3)20-8-4/h15,17H,5-14,16H2,1-4H3. The molecule has 0 saturated carbocycles. The molecule has 3 N–H and O–H groups in total. The Balaban J connectivity index is 4.00. The summed E-state index contributed by atoms with van der Waals surface area (Å²) < 4.78 is 17.5. The largest absolute Gasteiger partial charge is 0.500 e. The first-order chi connectivity index (χ1) is 10.1. The molecule has 6 heteroatoms. The maximum Gasteiger partial charge on any atom is 0.500 e. The molecule has 0 radical (unpaired) electrons. The molecule has 0 aliphatic rings. The predicted octanol–water partition coefficient (Wildman–Crippen LogP) is 2.88. The van der Waals surface area contributed by atoms with Gasteiger partial charge in [0, 0.05) is 25.9 Å². The van der Waals surface area contributed by atoms with Gasteiger partial charge in [0.05, 0.1) is 6.17 Å². The van der Waals surface area contributed by atoms with E-state index in [4.69, 9.17) is 19.0 Å². The van der Waals surface area contributed by atoms with E-state index in [1.165, 1.54) is 19.3 Å². The molecule has 5 nitrogen and oxygen atoms in total. The molecule has 21 heavy (non-hydrogen) atoms. The van der Waals surface area contributed by atoms with E-state index in [1.54, 1.807) is 0 Å². The summed E-state index contributed by atoms with van der Waals surface area (Å²) in [6.07, 6.45) is 5.79. The van der Waals surface area contributed by atoms with Gasteiger partial charge in [0.2, 0.25) is 0 Å². The normalized spacial score (nSPS) is 13.6. The maximum atomic E-state index is 6.05. The van der Waals surface area contributed by atoms with E-state index < -0.39 is 8.80 Å². The molecule has 0 aliphatic heterocycles. The van der Waals surface area contributed by atoms with Crippen molar-refractivity contribution in [3.05, 3.63) is 0 Å². The molecule has 1 atom stereocenters. The molecule has 0 aromatic carbocycles. The lowest BCUT2D eigenvalue weighted by molar-refractivity contribution is 0.0707. The lowest BCUT2D eigenvalue weighted by Gasteiger charge is -2.28. The highest BCUT2D eigenvalue weighted by molar-refractivity contribution is 6.60. The SMILES string of the molecule is CCCCCC(N)NCCC[Si](OCC)(OCC)OCC. The van der Waals surface area contributed by atoms with Crippen LogP contribution >= 0.6 is 0 Å². The molecule has 0 aromatic heterocycles. The molecule has 1 unspecified atom stereocenters. The second-order valence-electron chi connectivity index (χ2n) is 5.14. The first kappa shape index (κ1) is 21.0. The highest BCUT2D eigenvalue weighted by Gasteiger charge is 2.39. The van der Waals surface area contributed by atoms with E-state index >= 15 is 0 Å². The average Bonchev–Trinajstić information content (AvgIpc) is 2.45. The zero-order valence-electron chi connectivity index (χ0n) is 14.5. The number of hydrogen-bond acceptors (Lipinski definition) is 5. The molecule has 0 aliphatic carbocycles. The lowest BCUT2D eigenvalue weighted by Crippen LogP contribution is -2.47. The van der Waals surface area contributed by atoms with Crippen molar-refractivity contribution in [1.29, 1.82) is 0 Å². The zero-order valence-corrected chi connectivity index (χ0v) is 15.5. The van der Waals surface area contributed by atoms with Gasteiger partial charge in [0.25, 0.3) is 0 Å². The fourth-order valence-electron chi connectivity index (χ4n) is 2.31. The van der Waals surface area contributed by atoms with Gasteiger partial charge in [-0.1, -0.05) is 26.2 Å². The van der Waals surface area contributed by atoms with E-state index in [1.807, 2.05) is 20.8 Å². The third-order valence-corrected chi connectivity index (χ3v) is 6.43. The van der Waals surface area contributed by atoms with Crippen molar-refractivity contribution < 1.29 is 13.3 Å². The minimum absolute atomic E-state index is 0.0962. The quantitative estimate of drug-likeness (QED) is 0.276. The smallest absolute Gasteiger partial charge is 0.374 e. The Morgan fingerprint density at radius 3 is 1.95 bits per heavy atom. The van der Waals surface area contributed by atoms with Crippen molar-refractivity contribution in [3.8, 4) is 0 Å². The van der Waals surface area contributed by atoms with Crippen LogP contribution in [0.15, 0.2) is 0 Å². The topological polar surface area (TPSA) is 65.7 Å². The van der Waals surface area contributed by atoms with E-state index in [9.17, 15) is 0 Å². The Labute approximate surface area is 132 Å². The maximum absolute atomic E-state index is 6.05. The number of nitrogens with one attached hydrogen (secondary N) is 1. The summed E-state index contributed by atoms with van der Waals surface area (Å²) in [5, 5.41) is 3.37. The number of hydrogen-bond donors (Lipinski definition) is 2. The third-order valence-electron chi connectivity index (χ3n) is 3.28. The van der Waals surface area contributed by atoms with Crippen molar-refractivity contribution in [2.45, 2.75) is 72.0 Å². The summed E-state index contributed by atoms with van der Waals surface area (Å²) in [6.45, 7) is 11.0. The van der Waals surface area contributed by atoms with Gasteiger partial charge in [-0.2, -0.15) is 0 Å². The van der Waals surface area contributed by atoms with E-state index in [0.29, 0.717) is 19.8 Å². The van der Waals surface area contributed by atoms with Crippen LogP contribution in [0, 0.1) is 0 Å². The zero-order chi connectivity index (χ0) is 16.0. The van der Waals surface area contributed by atoms with Crippen molar-refractivity contribution >= 4 is 8.80 Å². The molecule has 0 amide bonds. The fraction of sp³-hybridized carbons (Fsp3) is 1.00. The summed E-state index contributed by atoms with van der Waals surface area (Å²) in [4.78, 5) is 0. The van der Waals surface area contributed by atoms with Crippen LogP contribution in [0.1, 0.15) is 59.8 Å². The van der Waals surface area contributed by atoms with Gasteiger partial charge in [-0.3, -0.25) is 0 Å². The van der Waals surface area contributed by atoms with Crippen LogP contribution in [-0.4, -0.2) is 41.3 Å². The molecule has 0 fully saturated rings. The minimum atomic E-state index is -2.48. The van der Waals surface area contributed by atoms with Crippen LogP contribution < -0.4 is 11.1 Å². The summed E-state index contributed by atoms with van der Waals surface area (Å²) in [5.74, 6) is 0. The van der Waals surface area contributed by atoms with Crippen molar-refractivity contribution in [2.24, 2.45) is 5.73 Å². The summed E-state index contributed by atoms with van der Waals surface area (Å²) in [5.41, 5.74) is 6.05. The van der Waals surface area contributed by atoms with Crippen LogP contribution in [0.5, 0.6) is 0 Å². The van der Waals surface area contributed by atoms with Gasteiger partial charge < -0.3 is 24.3 Å². The van der Waals surface area contributed by atoms with Gasteiger partial charge in [0.1, 0.15) is 0 Å². The minimum Gasteiger partial charge on any atom is -0.374 e. The van der Waals surface area contributed by atoms with Crippen molar-refractivity contribution in [2.75, 3.05) is 26.4 Å². The van der Waals surface area contributed by atoms with Crippen molar-refractivity contribution in [1.82, 2.24) is 5.32 Å². The molecule has 0 spiro atoms. The highest BCUT2D eigenvalue weighted by Crippen LogP contribution is 2.17. The molecular weight excluding hydrogens is 284 g/mol. The average molecular weight is 321 g/mol. The van der Waals surface area contributed by atoms with E-state index in [-0.39, 0.29) is 6.17 Å². The van der Waals surface area contributed by atoms with Crippen LogP contribution in [0.2, 0.25) is 6.04 Å². The molecule has 0 heterocycles. The summed E-state index contributed by atoms with van der Waals surface area (Å²) in [6, 6.07) is 0.844. The fourth-order valence-corrected chi connectivity index (χ4v) is 4.92. The predicted molar refractivity (Wildman–Crippen MR) is 90.2 cm³/mol. The summed E-state index contributed by atoms with van der Waals surface area (Å²) >= 11 is 0. The number of rotatable bonds is 15. The molecule has 128 valence electrons. The Morgan fingerprint density at radius 1 is 0.905 bits per heavy atom. The molecule has 0 aromatic rings. The summed E-state index contributed by atoms with van der Waals surface area (Å²) in [7, 11) is -2.48. The second kappa shape index (κ2) is 13.7. The van der Waals surface area contributed by atoms with E-state index in [0.717, 1.165) is 25.4 Å². The van der Waals surface area contributed by atoms with Crippen LogP contribution in [0.3, 0.4) is 0 Å². The molecular formula is C15H36N2O3Si. The van der Waals surface area contributed by atoms with Crippen LogP contribution in [0.25, 0.3) is 0 Å². The van der Waals surface area contributed by atoms with Crippen LogP contribution in [-0.2, 0) is 13.3 Å². The Morgan fingerprint density at radius 2 is 1.48 bits per heavy atom. The van der Waals surface area contributed by atoms with Gasteiger partial charge in [-0.15, -0.1) is 0 Å². The first-order valence-electron chi connectivity index (χ1n) is 8.54. The third kappa shape index (κ3) is 10.4. The Kier molecular flexibility index (Phi) is 13.7. The van der Waals surface area contributed by atoms with Gasteiger partial charge >= 0.3 is 8.80 Å². The second-order valence-corrected chi connectivity index (χ2v) is 7.87. The monoisotopic (exact) mass is 320 g/mol.